The fraction of sp³-hybridized carbons (Fsp3) is 0.458. The monoisotopic (exact) mass is 458 g/mol. The zero-order chi connectivity index (χ0) is 22.7. The van der Waals surface area contributed by atoms with E-state index in [9.17, 15) is 15.0 Å². The van der Waals surface area contributed by atoms with Crippen molar-refractivity contribution in [3.63, 3.8) is 0 Å². The van der Waals surface area contributed by atoms with Crippen LogP contribution in [0, 0.1) is 0 Å². The highest BCUT2D eigenvalue weighted by Crippen LogP contribution is 2.33. The molecule has 2 aliphatic heterocycles. The first kappa shape index (κ1) is 22.9. The summed E-state index contributed by atoms with van der Waals surface area (Å²) < 4.78 is 0. The van der Waals surface area contributed by atoms with Crippen LogP contribution in [-0.4, -0.2) is 65.4 Å². The second-order valence-electron chi connectivity index (χ2n) is 8.81. The van der Waals surface area contributed by atoms with Gasteiger partial charge in [-0.1, -0.05) is 23.7 Å². The second kappa shape index (κ2) is 10.1. The summed E-state index contributed by atoms with van der Waals surface area (Å²) in [5.41, 5.74) is 2.63. The van der Waals surface area contributed by atoms with Gasteiger partial charge in [0.2, 0.25) is 5.91 Å². The molecule has 4 rings (SSSR count). The predicted octanol–water partition coefficient (Wildman–Crippen LogP) is 2.81. The molecule has 8 heteroatoms. The minimum Gasteiger partial charge on any atom is -0.508 e. The van der Waals surface area contributed by atoms with E-state index in [-0.39, 0.29) is 17.7 Å². The lowest BCUT2D eigenvalue weighted by Crippen LogP contribution is -2.49. The highest BCUT2D eigenvalue weighted by atomic mass is 35.5. The number of aliphatic hydroxyl groups excluding tert-OH is 1. The second-order valence-corrected chi connectivity index (χ2v) is 9.24. The molecule has 0 radical (unpaired) electrons. The average Bonchev–Trinajstić information content (AvgIpc) is 3.12. The third kappa shape index (κ3) is 5.72. The first-order valence-electron chi connectivity index (χ1n) is 11.1. The smallest absolute Gasteiger partial charge is 0.221 e. The van der Waals surface area contributed by atoms with E-state index in [0.717, 1.165) is 43.2 Å². The molecule has 32 heavy (non-hydrogen) atoms. The number of nitrogens with zero attached hydrogens (tertiary/aromatic N) is 2. The highest BCUT2D eigenvalue weighted by molar-refractivity contribution is 6.30. The SMILES string of the molecule is CC(=O)Nc1ccc(O)cc1N1CC(NC2CCN(Cc3ccc(Cl)cc3)CC2)[C@H](O)C1. The third-order valence-electron chi connectivity index (χ3n) is 6.28. The van der Waals surface area contributed by atoms with E-state index >= 15 is 0 Å². The van der Waals surface area contributed by atoms with Crippen LogP contribution in [0.4, 0.5) is 11.4 Å². The molecule has 2 fully saturated rings. The van der Waals surface area contributed by atoms with Crippen molar-refractivity contribution < 1.29 is 15.0 Å². The van der Waals surface area contributed by atoms with Gasteiger partial charge in [-0.15, -0.1) is 0 Å². The molecule has 1 unspecified atom stereocenters. The molecule has 2 aliphatic rings. The Hall–Kier alpha value is -2.32. The molecule has 7 nitrogen and oxygen atoms in total. The third-order valence-corrected chi connectivity index (χ3v) is 6.53. The number of carbonyl (C=O) groups is 1. The lowest BCUT2D eigenvalue weighted by Gasteiger charge is -2.34. The maximum Gasteiger partial charge on any atom is 0.221 e. The van der Waals surface area contributed by atoms with E-state index in [1.165, 1.54) is 12.5 Å². The van der Waals surface area contributed by atoms with Crippen LogP contribution < -0.4 is 15.5 Å². The van der Waals surface area contributed by atoms with Crippen molar-refractivity contribution in [1.82, 2.24) is 10.2 Å². The lowest BCUT2D eigenvalue weighted by molar-refractivity contribution is -0.114. The Labute approximate surface area is 194 Å². The summed E-state index contributed by atoms with van der Waals surface area (Å²) in [6.07, 6.45) is 1.54. The number of carbonyl (C=O) groups excluding carboxylic acids is 1. The molecular weight excluding hydrogens is 428 g/mol. The van der Waals surface area contributed by atoms with E-state index in [1.807, 2.05) is 17.0 Å². The molecule has 0 spiro atoms. The Morgan fingerprint density at radius 2 is 1.84 bits per heavy atom. The maximum absolute atomic E-state index is 11.5. The van der Waals surface area contributed by atoms with Gasteiger partial charge in [0.15, 0.2) is 0 Å². The number of aliphatic hydroxyl groups is 1. The normalized spacial score (nSPS) is 22.3. The number of phenolic OH excluding ortho intramolecular Hbond substituents is 1. The molecule has 1 amide bonds. The number of β-amino-alcohol motifs (C(OH)–C–C–N with tert-alkyl or cyclic N) is 1. The molecule has 2 heterocycles. The zero-order valence-electron chi connectivity index (χ0n) is 18.3. The fourth-order valence-corrected chi connectivity index (χ4v) is 4.76. The quantitative estimate of drug-likeness (QED) is 0.498. The predicted molar refractivity (Wildman–Crippen MR) is 127 cm³/mol. The lowest BCUT2D eigenvalue weighted by atomic mass is 10.0. The van der Waals surface area contributed by atoms with Crippen molar-refractivity contribution in [3.8, 4) is 5.75 Å². The van der Waals surface area contributed by atoms with Crippen LogP contribution in [0.2, 0.25) is 5.02 Å². The van der Waals surface area contributed by atoms with Crippen LogP contribution in [-0.2, 0) is 11.3 Å². The van der Waals surface area contributed by atoms with Gasteiger partial charge in [-0.25, -0.2) is 0 Å². The van der Waals surface area contributed by atoms with Crippen molar-refractivity contribution >= 4 is 28.9 Å². The number of hydrogen-bond acceptors (Lipinski definition) is 6. The van der Waals surface area contributed by atoms with Gasteiger partial charge >= 0.3 is 0 Å². The molecule has 172 valence electrons. The first-order chi connectivity index (χ1) is 15.4. The molecule has 2 aromatic carbocycles. The highest BCUT2D eigenvalue weighted by Gasteiger charge is 2.34. The number of likely N-dealkylation sites (tertiary alicyclic amines) is 1. The molecule has 0 saturated carbocycles. The standard InChI is InChI=1S/C24H31ClN4O3/c1-16(30)26-21-7-6-20(31)12-23(21)29-14-22(24(32)15-29)27-19-8-10-28(11-9-19)13-17-2-4-18(25)5-3-17/h2-7,12,19,22,24,27,31-32H,8-11,13-15H2,1H3,(H,26,30)/t22?,24-/m1/s1. The van der Waals surface area contributed by atoms with Gasteiger partial charge in [0, 0.05) is 43.7 Å². The van der Waals surface area contributed by atoms with Crippen LogP contribution in [0.5, 0.6) is 5.75 Å². The number of nitrogens with one attached hydrogen (secondary N) is 2. The van der Waals surface area contributed by atoms with Crippen LogP contribution in [0.1, 0.15) is 25.3 Å². The zero-order valence-corrected chi connectivity index (χ0v) is 19.1. The van der Waals surface area contributed by atoms with Gasteiger partial charge in [0.25, 0.3) is 0 Å². The topological polar surface area (TPSA) is 88.1 Å². The van der Waals surface area contributed by atoms with E-state index in [2.05, 4.69) is 27.7 Å². The van der Waals surface area contributed by atoms with E-state index in [0.29, 0.717) is 24.8 Å². The Morgan fingerprint density at radius 3 is 2.53 bits per heavy atom. The summed E-state index contributed by atoms with van der Waals surface area (Å²) in [7, 11) is 0. The Kier molecular flexibility index (Phi) is 7.20. The number of benzene rings is 2. The first-order valence-corrected chi connectivity index (χ1v) is 11.5. The summed E-state index contributed by atoms with van der Waals surface area (Å²) in [5.74, 6) is -0.0372. The van der Waals surface area contributed by atoms with Crippen LogP contribution in [0.25, 0.3) is 0 Å². The number of amides is 1. The summed E-state index contributed by atoms with van der Waals surface area (Å²) in [5, 5.41) is 27.8. The summed E-state index contributed by atoms with van der Waals surface area (Å²) in [4.78, 5) is 16.0. The van der Waals surface area contributed by atoms with Gasteiger partial charge < -0.3 is 25.7 Å². The van der Waals surface area contributed by atoms with Crippen LogP contribution in [0.3, 0.4) is 0 Å². The maximum atomic E-state index is 11.5. The molecule has 2 aromatic rings. The van der Waals surface area contributed by atoms with Gasteiger partial charge in [-0.05, 0) is 55.8 Å². The van der Waals surface area contributed by atoms with E-state index in [1.54, 1.807) is 18.2 Å². The van der Waals surface area contributed by atoms with Crippen LogP contribution >= 0.6 is 11.6 Å². The Morgan fingerprint density at radius 1 is 1.12 bits per heavy atom. The van der Waals surface area contributed by atoms with Gasteiger partial charge in [-0.3, -0.25) is 9.69 Å². The Bertz CT molecular complexity index is 931. The number of aromatic hydroxyl groups is 1. The number of halogens is 1. The van der Waals surface area contributed by atoms with Gasteiger partial charge in [-0.2, -0.15) is 0 Å². The summed E-state index contributed by atoms with van der Waals surface area (Å²) in [6.45, 7) is 5.45. The van der Waals surface area contributed by atoms with Crippen molar-refractivity contribution in [3.05, 3.63) is 53.1 Å². The summed E-state index contributed by atoms with van der Waals surface area (Å²) >= 11 is 5.98. The number of rotatable bonds is 6. The average molecular weight is 459 g/mol. The molecule has 2 atom stereocenters. The largest absolute Gasteiger partial charge is 0.508 e. The Balaban J connectivity index is 1.31. The van der Waals surface area contributed by atoms with Crippen molar-refractivity contribution in [1.29, 1.82) is 0 Å². The molecule has 2 saturated heterocycles. The number of hydrogen-bond donors (Lipinski definition) is 4. The molecule has 4 N–H and O–H groups in total. The fourth-order valence-electron chi connectivity index (χ4n) is 4.63. The van der Waals surface area contributed by atoms with Crippen molar-refractivity contribution in [2.75, 3.05) is 36.4 Å². The molecule has 0 aromatic heterocycles. The molecular formula is C24H31ClN4O3. The van der Waals surface area contributed by atoms with Crippen molar-refractivity contribution in [2.24, 2.45) is 0 Å². The number of anilines is 2. The molecule has 0 bridgehead atoms. The summed E-state index contributed by atoms with van der Waals surface area (Å²) in [6, 6.07) is 13.2. The molecule has 0 aliphatic carbocycles. The van der Waals surface area contributed by atoms with Gasteiger partial charge in [0.1, 0.15) is 5.75 Å². The van der Waals surface area contributed by atoms with E-state index in [4.69, 9.17) is 11.6 Å². The minimum absolute atomic E-state index is 0.0599. The van der Waals surface area contributed by atoms with Gasteiger partial charge in [0.05, 0.1) is 23.5 Å². The number of phenols is 1. The minimum atomic E-state index is -0.519. The van der Waals surface area contributed by atoms with E-state index < -0.39 is 6.10 Å². The van der Waals surface area contributed by atoms with Crippen molar-refractivity contribution in [2.45, 2.75) is 44.5 Å². The number of piperidine rings is 1. The van der Waals surface area contributed by atoms with Crippen LogP contribution in [0.15, 0.2) is 42.5 Å².